The van der Waals surface area contributed by atoms with Crippen molar-refractivity contribution in [3.05, 3.63) is 90.0 Å². The Labute approximate surface area is 194 Å². The molecule has 33 heavy (non-hydrogen) atoms. The Bertz CT molecular complexity index is 1190. The third-order valence-electron chi connectivity index (χ3n) is 5.70. The van der Waals surface area contributed by atoms with E-state index in [-0.39, 0.29) is 17.3 Å². The molecule has 1 fully saturated rings. The van der Waals surface area contributed by atoms with Gasteiger partial charge in [-0.1, -0.05) is 36.4 Å². The third-order valence-corrected chi connectivity index (χ3v) is 7.10. The highest BCUT2D eigenvalue weighted by atomic mass is 32.2. The molecule has 172 valence electrons. The van der Waals surface area contributed by atoms with E-state index in [1.807, 2.05) is 54.6 Å². The van der Waals surface area contributed by atoms with E-state index < -0.39 is 10.0 Å². The smallest absolute Gasteiger partial charge is 0.254 e. The van der Waals surface area contributed by atoms with Gasteiger partial charge in [-0.15, -0.1) is 0 Å². The van der Waals surface area contributed by atoms with Gasteiger partial charge in [0.25, 0.3) is 5.91 Å². The lowest BCUT2D eigenvalue weighted by molar-refractivity contribution is 0.0746. The van der Waals surface area contributed by atoms with Crippen molar-refractivity contribution in [3.8, 4) is 5.75 Å². The highest BCUT2D eigenvalue weighted by molar-refractivity contribution is 7.89. The van der Waals surface area contributed by atoms with Gasteiger partial charge in [0.2, 0.25) is 10.0 Å². The van der Waals surface area contributed by atoms with Gasteiger partial charge in [0.15, 0.2) is 0 Å². The summed E-state index contributed by atoms with van der Waals surface area (Å²) >= 11 is 0. The summed E-state index contributed by atoms with van der Waals surface area (Å²) in [6.07, 6.45) is 0. The summed E-state index contributed by atoms with van der Waals surface area (Å²) in [5.41, 5.74) is 2.32. The molecule has 3 aromatic rings. The number of sulfonamides is 1. The normalized spacial score (nSPS) is 14.2. The Morgan fingerprint density at radius 3 is 2.27 bits per heavy atom. The predicted molar refractivity (Wildman–Crippen MR) is 128 cm³/mol. The van der Waals surface area contributed by atoms with E-state index >= 15 is 0 Å². The second-order valence-electron chi connectivity index (χ2n) is 7.82. The number of rotatable bonds is 7. The van der Waals surface area contributed by atoms with Crippen molar-refractivity contribution in [2.24, 2.45) is 0 Å². The van der Waals surface area contributed by atoms with Crippen LogP contribution >= 0.6 is 0 Å². The van der Waals surface area contributed by atoms with E-state index in [1.165, 1.54) is 12.1 Å². The Hall–Kier alpha value is -3.36. The van der Waals surface area contributed by atoms with Gasteiger partial charge in [-0.25, -0.2) is 13.1 Å². The average molecular weight is 466 g/mol. The third kappa shape index (κ3) is 5.53. The molecule has 0 spiro atoms. The summed E-state index contributed by atoms with van der Waals surface area (Å²) in [5, 5.41) is 0. The van der Waals surface area contributed by atoms with Crippen molar-refractivity contribution in [1.29, 1.82) is 0 Å². The van der Waals surface area contributed by atoms with E-state index in [0.29, 0.717) is 31.7 Å². The van der Waals surface area contributed by atoms with Crippen LogP contribution in [-0.2, 0) is 16.6 Å². The molecular weight excluding hydrogens is 438 g/mol. The fourth-order valence-corrected chi connectivity index (χ4v) is 4.86. The summed E-state index contributed by atoms with van der Waals surface area (Å²) in [5.74, 6) is 0.644. The van der Waals surface area contributed by atoms with Crippen LogP contribution in [0.2, 0.25) is 0 Å². The molecule has 4 rings (SSSR count). The fraction of sp³-hybridized carbons (Fsp3) is 0.240. The number of carbonyl (C=O) groups is 1. The predicted octanol–water partition coefficient (Wildman–Crippen LogP) is 3.14. The largest absolute Gasteiger partial charge is 0.497 e. The maximum atomic E-state index is 13.1. The summed E-state index contributed by atoms with van der Waals surface area (Å²) in [6, 6.07) is 23.4. The fourth-order valence-electron chi connectivity index (χ4n) is 3.80. The molecule has 0 saturated carbocycles. The minimum absolute atomic E-state index is 0.0844. The first kappa shape index (κ1) is 22.8. The van der Waals surface area contributed by atoms with Crippen LogP contribution in [0.5, 0.6) is 5.75 Å². The molecule has 0 unspecified atom stereocenters. The molecule has 8 heteroatoms. The molecule has 1 aliphatic heterocycles. The first-order chi connectivity index (χ1) is 16.0. The number of amides is 1. The van der Waals surface area contributed by atoms with Crippen molar-refractivity contribution < 1.29 is 17.9 Å². The number of piperazine rings is 1. The molecule has 0 bridgehead atoms. The quantitative estimate of drug-likeness (QED) is 0.580. The zero-order chi connectivity index (χ0) is 23.3. The monoisotopic (exact) mass is 465 g/mol. The van der Waals surface area contributed by atoms with Gasteiger partial charge >= 0.3 is 0 Å². The summed E-state index contributed by atoms with van der Waals surface area (Å²) in [7, 11) is -2.10. The maximum Gasteiger partial charge on any atom is 0.254 e. The molecule has 1 aliphatic rings. The molecule has 1 amide bonds. The van der Waals surface area contributed by atoms with Crippen molar-refractivity contribution >= 4 is 21.6 Å². The number of methoxy groups -OCH3 is 1. The minimum atomic E-state index is -3.74. The number of nitrogens with zero attached hydrogens (tertiary/aromatic N) is 2. The van der Waals surface area contributed by atoms with Crippen molar-refractivity contribution in [1.82, 2.24) is 9.62 Å². The van der Waals surface area contributed by atoms with Crippen LogP contribution in [0.15, 0.2) is 83.8 Å². The molecule has 1 saturated heterocycles. The van der Waals surface area contributed by atoms with Crippen LogP contribution < -0.4 is 14.4 Å². The van der Waals surface area contributed by atoms with Gasteiger partial charge in [0.1, 0.15) is 5.75 Å². The average Bonchev–Trinajstić information content (AvgIpc) is 2.88. The van der Waals surface area contributed by atoms with E-state index in [1.54, 1.807) is 24.1 Å². The van der Waals surface area contributed by atoms with Gasteiger partial charge < -0.3 is 14.5 Å². The molecule has 0 aromatic heterocycles. The number of nitrogens with one attached hydrogen (secondary N) is 1. The number of hydrogen-bond acceptors (Lipinski definition) is 5. The first-order valence-electron chi connectivity index (χ1n) is 10.8. The lowest BCUT2D eigenvalue weighted by Crippen LogP contribution is -2.48. The van der Waals surface area contributed by atoms with E-state index in [0.717, 1.165) is 17.0 Å². The lowest BCUT2D eigenvalue weighted by atomic mass is 10.1. The molecule has 0 aliphatic carbocycles. The van der Waals surface area contributed by atoms with Gasteiger partial charge in [0, 0.05) is 44.0 Å². The van der Waals surface area contributed by atoms with Gasteiger partial charge in [-0.05, 0) is 48.0 Å². The summed E-state index contributed by atoms with van der Waals surface area (Å²) in [6.45, 7) is 2.72. The topological polar surface area (TPSA) is 79.0 Å². The Morgan fingerprint density at radius 1 is 0.909 bits per heavy atom. The number of ether oxygens (including phenoxy) is 1. The Morgan fingerprint density at radius 2 is 1.61 bits per heavy atom. The Kier molecular flexibility index (Phi) is 6.96. The van der Waals surface area contributed by atoms with Crippen LogP contribution in [-0.4, -0.2) is 52.5 Å². The number of anilines is 1. The van der Waals surface area contributed by atoms with E-state index in [9.17, 15) is 13.2 Å². The number of benzene rings is 3. The number of carbonyl (C=O) groups excluding carboxylic acids is 1. The number of hydrogen-bond donors (Lipinski definition) is 1. The van der Waals surface area contributed by atoms with Crippen molar-refractivity contribution in [3.63, 3.8) is 0 Å². The van der Waals surface area contributed by atoms with Crippen LogP contribution in [0.4, 0.5) is 5.69 Å². The Balaban J connectivity index is 1.39. The molecular formula is C25H27N3O4S. The molecule has 7 nitrogen and oxygen atoms in total. The SMILES string of the molecule is COc1ccc(N2CCN(C(=O)c3cccc(S(=O)(=O)NCc4ccccc4)c3)CC2)cc1. The van der Waals surface area contributed by atoms with Crippen LogP contribution in [0.1, 0.15) is 15.9 Å². The highest BCUT2D eigenvalue weighted by Gasteiger charge is 2.24. The van der Waals surface area contributed by atoms with Gasteiger partial charge in [-0.3, -0.25) is 4.79 Å². The van der Waals surface area contributed by atoms with Gasteiger partial charge in [-0.2, -0.15) is 0 Å². The van der Waals surface area contributed by atoms with E-state index in [4.69, 9.17) is 4.74 Å². The first-order valence-corrected chi connectivity index (χ1v) is 12.3. The van der Waals surface area contributed by atoms with Crippen molar-refractivity contribution in [2.75, 3.05) is 38.2 Å². The van der Waals surface area contributed by atoms with Gasteiger partial charge in [0.05, 0.1) is 12.0 Å². The molecule has 0 atom stereocenters. The van der Waals surface area contributed by atoms with Crippen LogP contribution in [0, 0.1) is 0 Å². The lowest BCUT2D eigenvalue weighted by Gasteiger charge is -2.36. The summed E-state index contributed by atoms with van der Waals surface area (Å²) in [4.78, 5) is 17.1. The molecule has 1 N–H and O–H groups in total. The second-order valence-corrected chi connectivity index (χ2v) is 9.58. The van der Waals surface area contributed by atoms with Crippen LogP contribution in [0.3, 0.4) is 0 Å². The second kappa shape index (κ2) is 10.1. The maximum absolute atomic E-state index is 13.1. The van der Waals surface area contributed by atoms with E-state index in [2.05, 4.69) is 9.62 Å². The molecule has 1 heterocycles. The zero-order valence-electron chi connectivity index (χ0n) is 18.5. The molecule has 3 aromatic carbocycles. The standard InChI is InChI=1S/C25H27N3O4S/c1-32-23-12-10-22(11-13-23)27-14-16-28(17-15-27)25(29)21-8-5-9-24(18-21)33(30,31)26-19-20-6-3-2-4-7-20/h2-13,18,26H,14-17,19H2,1H3. The molecule has 0 radical (unpaired) electrons. The zero-order valence-corrected chi connectivity index (χ0v) is 19.3. The highest BCUT2D eigenvalue weighted by Crippen LogP contribution is 2.21. The van der Waals surface area contributed by atoms with Crippen molar-refractivity contribution in [2.45, 2.75) is 11.4 Å². The van der Waals surface area contributed by atoms with Crippen LogP contribution in [0.25, 0.3) is 0 Å². The minimum Gasteiger partial charge on any atom is -0.497 e. The summed E-state index contributed by atoms with van der Waals surface area (Å²) < 4.78 is 33.3.